The molecule has 1 aromatic rings. The van der Waals surface area contributed by atoms with Crippen LogP contribution in [0.2, 0.25) is 0 Å². The molecule has 0 bridgehead atoms. The fourth-order valence-electron chi connectivity index (χ4n) is 3.21. The first-order valence-corrected chi connectivity index (χ1v) is 10.4. The van der Waals surface area contributed by atoms with E-state index < -0.39 is 0 Å². The van der Waals surface area contributed by atoms with E-state index in [0.29, 0.717) is 0 Å². The highest BCUT2D eigenvalue weighted by Gasteiger charge is 2.03. The van der Waals surface area contributed by atoms with Crippen LogP contribution < -0.4 is 4.57 Å². The Morgan fingerprint density at radius 1 is 0.652 bits per heavy atom. The molecule has 0 amide bonds. The van der Waals surface area contributed by atoms with Gasteiger partial charge in [-0.2, -0.15) is 0 Å². The second kappa shape index (κ2) is 14.8. The maximum Gasteiger partial charge on any atom is 0.243 e. The lowest BCUT2D eigenvalue weighted by molar-refractivity contribution is -0.696. The van der Waals surface area contributed by atoms with Crippen LogP contribution in [0.1, 0.15) is 104 Å². The van der Waals surface area contributed by atoms with E-state index in [0.717, 1.165) is 0 Å². The molecule has 1 aromatic heterocycles. The Hall–Kier alpha value is -0.790. The highest BCUT2D eigenvalue weighted by Crippen LogP contribution is 2.09. The van der Waals surface area contributed by atoms with Crippen LogP contribution in [0, 0.1) is 0 Å². The first kappa shape index (κ1) is 20.3. The molecular formula is C21H41N2+. The molecule has 0 atom stereocenters. The van der Waals surface area contributed by atoms with Crippen LogP contribution in [0.4, 0.5) is 0 Å². The van der Waals surface area contributed by atoms with Crippen molar-refractivity contribution in [3.8, 4) is 0 Å². The van der Waals surface area contributed by atoms with Gasteiger partial charge in [-0.1, -0.05) is 78.1 Å². The lowest BCUT2D eigenvalue weighted by Crippen LogP contribution is -2.30. The van der Waals surface area contributed by atoms with E-state index in [1.807, 2.05) is 0 Å². The number of hydrogen-bond donors (Lipinski definition) is 0. The first-order valence-electron chi connectivity index (χ1n) is 10.4. The first-order chi connectivity index (χ1) is 11.4. The van der Waals surface area contributed by atoms with Gasteiger partial charge in [0.05, 0.1) is 13.1 Å². The van der Waals surface area contributed by atoms with Crippen molar-refractivity contribution >= 4 is 0 Å². The van der Waals surface area contributed by atoms with Gasteiger partial charge in [0.25, 0.3) is 0 Å². The van der Waals surface area contributed by atoms with Crippen molar-refractivity contribution in [1.29, 1.82) is 0 Å². The van der Waals surface area contributed by atoms with E-state index in [-0.39, 0.29) is 0 Å². The molecule has 1 rings (SSSR count). The molecule has 0 fully saturated rings. The van der Waals surface area contributed by atoms with Gasteiger partial charge >= 0.3 is 0 Å². The molecule has 2 heteroatoms. The van der Waals surface area contributed by atoms with Gasteiger partial charge in [-0.3, -0.25) is 0 Å². The minimum Gasteiger partial charge on any atom is -0.237 e. The molecule has 0 saturated carbocycles. The van der Waals surface area contributed by atoms with Crippen LogP contribution in [0.5, 0.6) is 0 Å². The van der Waals surface area contributed by atoms with Crippen molar-refractivity contribution in [3.05, 3.63) is 18.7 Å². The summed E-state index contributed by atoms with van der Waals surface area (Å²) < 4.78 is 4.73. The maximum absolute atomic E-state index is 2.37. The van der Waals surface area contributed by atoms with Crippen LogP contribution in [0.15, 0.2) is 18.7 Å². The quantitative estimate of drug-likeness (QED) is 0.250. The summed E-state index contributed by atoms with van der Waals surface area (Å²) in [5.74, 6) is 0. The Bertz CT molecular complexity index is 356. The lowest BCUT2D eigenvalue weighted by Gasteiger charge is -2.01. The Labute approximate surface area is 145 Å². The van der Waals surface area contributed by atoms with E-state index >= 15 is 0 Å². The molecule has 0 aromatic carbocycles. The van der Waals surface area contributed by atoms with Crippen LogP contribution >= 0.6 is 0 Å². The van der Waals surface area contributed by atoms with Crippen molar-refractivity contribution in [1.82, 2.24) is 4.57 Å². The Balaban J connectivity index is 1.95. The zero-order valence-electron chi connectivity index (χ0n) is 15.9. The smallest absolute Gasteiger partial charge is 0.237 e. The lowest BCUT2D eigenvalue weighted by atomic mass is 10.1. The third-order valence-corrected chi connectivity index (χ3v) is 4.79. The van der Waals surface area contributed by atoms with E-state index in [4.69, 9.17) is 0 Å². The average molecular weight is 322 g/mol. The summed E-state index contributed by atoms with van der Waals surface area (Å²) >= 11 is 0. The molecule has 23 heavy (non-hydrogen) atoms. The topological polar surface area (TPSA) is 8.81 Å². The monoisotopic (exact) mass is 321 g/mol. The molecule has 0 aliphatic heterocycles. The molecule has 0 unspecified atom stereocenters. The maximum atomic E-state index is 2.37. The fraction of sp³-hybridized carbons (Fsp3) is 0.857. The van der Waals surface area contributed by atoms with Crippen LogP contribution in [0.25, 0.3) is 0 Å². The van der Waals surface area contributed by atoms with Crippen molar-refractivity contribution in [2.24, 2.45) is 0 Å². The van der Waals surface area contributed by atoms with Crippen molar-refractivity contribution < 1.29 is 4.57 Å². The molecule has 0 spiro atoms. The second-order valence-electron chi connectivity index (χ2n) is 7.13. The number of imidazole rings is 1. The van der Waals surface area contributed by atoms with Gasteiger partial charge in [-0.05, 0) is 25.7 Å². The Morgan fingerprint density at radius 3 is 1.78 bits per heavy atom. The molecule has 0 saturated heterocycles. The molecule has 0 aliphatic rings. The number of rotatable bonds is 16. The zero-order chi connectivity index (χ0) is 16.6. The zero-order valence-corrected chi connectivity index (χ0v) is 15.9. The molecule has 2 nitrogen and oxygen atoms in total. The van der Waals surface area contributed by atoms with Gasteiger partial charge in [-0.15, -0.1) is 0 Å². The molecule has 0 aliphatic carbocycles. The van der Waals surface area contributed by atoms with Gasteiger partial charge in [0.15, 0.2) is 0 Å². The van der Waals surface area contributed by atoms with Crippen LogP contribution in [0.3, 0.4) is 0 Å². The van der Waals surface area contributed by atoms with Gasteiger partial charge in [0.2, 0.25) is 6.33 Å². The average Bonchev–Trinajstić information content (AvgIpc) is 3.01. The number of unbranched alkanes of at least 4 members (excludes halogenated alkanes) is 12. The summed E-state index contributed by atoms with van der Waals surface area (Å²) in [4.78, 5) is 0. The van der Waals surface area contributed by atoms with Gasteiger partial charge < -0.3 is 0 Å². The predicted octanol–water partition coefficient (Wildman–Crippen LogP) is 6.28. The third kappa shape index (κ3) is 11.4. The summed E-state index contributed by atoms with van der Waals surface area (Å²) in [6.07, 6.45) is 26.3. The number of hydrogen-bond acceptors (Lipinski definition) is 0. The van der Waals surface area contributed by atoms with Gasteiger partial charge in [-0.25, -0.2) is 9.13 Å². The fourth-order valence-corrected chi connectivity index (χ4v) is 3.21. The second-order valence-corrected chi connectivity index (χ2v) is 7.13. The molecule has 134 valence electrons. The normalized spacial score (nSPS) is 11.2. The van der Waals surface area contributed by atoms with Crippen molar-refractivity contribution in [2.75, 3.05) is 0 Å². The molecule has 0 N–H and O–H groups in total. The van der Waals surface area contributed by atoms with Crippen LogP contribution in [-0.2, 0) is 13.1 Å². The summed E-state index contributed by atoms with van der Waals surface area (Å²) in [7, 11) is 0. The highest BCUT2D eigenvalue weighted by atomic mass is 15.1. The standard InChI is InChI=1S/C21H41N2/c1-3-5-7-9-10-11-12-14-16-18-23-20-19-22(21-23)17-15-13-8-6-4-2/h19-21H,3-18H2,1-2H3/q+1. The Kier molecular flexibility index (Phi) is 13.0. The number of aromatic nitrogens is 2. The summed E-state index contributed by atoms with van der Waals surface area (Å²) in [5.41, 5.74) is 0. The number of nitrogens with zero attached hydrogens (tertiary/aromatic N) is 2. The highest BCUT2D eigenvalue weighted by molar-refractivity contribution is 4.66. The third-order valence-electron chi connectivity index (χ3n) is 4.79. The molecule has 1 heterocycles. The Morgan fingerprint density at radius 2 is 1.17 bits per heavy atom. The SMILES string of the molecule is CCCCCCCCCCC[n+]1ccn(CCCCCCC)c1. The molecule has 0 radical (unpaired) electrons. The van der Waals surface area contributed by atoms with Gasteiger partial charge in [0.1, 0.15) is 12.4 Å². The van der Waals surface area contributed by atoms with E-state index in [1.54, 1.807) is 0 Å². The van der Waals surface area contributed by atoms with Gasteiger partial charge in [0, 0.05) is 0 Å². The minimum atomic E-state index is 1.19. The predicted molar refractivity (Wildman–Crippen MR) is 101 cm³/mol. The van der Waals surface area contributed by atoms with E-state index in [9.17, 15) is 0 Å². The number of aryl methyl sites for hydroxylation is 2. The summed E-state index contributed by atoms with van der Waals surface area (Å²) in [6, 6.07) is 0. The van der Waals surface area contributed by atoms with Crippen molar-refractivity contribution in [3.63, 3.8) is 0 Å². The van der Waals surface area contributed by atoms with E-state index in [1.165, 1.54) is 103 Å². The molecular weight excluding hydrogens is 280 g/mol. The largest absolute Gasteiger partial charge is 0.243 e. The van der Waals surface area contributed by atoms with Crippen LogP contribution in [-0.4, -0.2) is 4.57 Å². The van der Waals surface area contributed by atoms with Crippen molar-refractivity contribution in [2.45, 2.75) is 117 Å². The minimum absolute atomic E-state index is 1.19. The summed E-state index contributed by atoms with van der Waals surface area (Å²) in [5, 5.41) is 0. The van der Waals surface area contributed by atoms with E-state index in [2.05, 4.69) is 41.7 Å². The summed E-state index contributed by atoms with van der Waals surface area (Å²) in [6.45, 7) is 6.95.